The first-order chi connectivity index (χ1) is 6.45. The molecule has 3 heteroatoms. The zero-order chi connectivity index (χ0) is 10.8. The molecule has 0 atom stereocenters. The highest BCUT2D eigenvalue weighted by Gasteiger charge is 2.24. The first-order valence-electron chi connectivity index (χ1n) is 4.37. The molecule has 1 aromatic rings. The van der Waals surface area contributed by atoms with E-state index in [1.807, 2.05) is 0 Å². The average Bonchev–Trinajstić information content (AvgIpc) is 2.15. The minimum atomic E-state index is -1.32. The third kappa shape index (κ3) is 2.56. The van der Waals surface area contributed by atoms with Crippen molar-refractivity contribution in [2.75, 3.05) is 0 Å². The highest BCUT2D eigenvalue weighted by Crippen LogP contribution is 2.14. The first-order valence-corrected chi connectivity index (χ1v) is 4.90. The number of alkyl halides is 1. The van der Waals surface area contributed by atoms with E-state index < -0.39 is 5.60 Å². The Balaban J connectivity index is 2.93. The maximum absolute atomic E-state index is 11.6. The first kappa shape index (κ1) is 11.2. The summed E-state index contributed by atoms with van der Waals surface area (Å²) in [5.74, 6) is 0.149. The molecule has 2 nitrogen and oxygen atoms in total. The number of ketones is 1. The van der Waals surface area contributed by atoms with E-state index in [0.29, 0.717) is 11.4 Å². The molecule has 76 valence electrons. The fourth-order valence-electron chi connectivity index (χ4n) is 1.10. The molecule has 0 heterocycles. The number of aliphatic hydroxyl groups is 1. The zero-order valence-corrected chi connectivity index (χ0v) is 9.01. The maximum Gasteiger partial charge on any atom is 0.193 e. The van der Waals surface area contributed by atoms with Crippen molar-refractivity contribution >= 4 is 17.4 Å². The minimum Gasteiger partial charge on any atom is -0.382 e. The topological polar surface area (TPSA) is 37.3 Å². The van der Waals surface area contributed by atoms with Gasteiger partial charge >= 0.3 is 0 Å². The number of halogens is 1. The van der Waals surface area contributed by atoms with E-state index in [4.69, 9.17) is 11.6 Å². The molecule has 0 aliphatic heterocycles. The monoisotopic (exact) mass is 212 g/mol. The predicted molar refractivity (Wildman–Crippen MR) is 56.6 cm³/mol. The van der Waals surface area contributed by atoms with Gasteiger partial charge < -0.3 is 5.11 Å². The molecular weight excluding hydrogens is 200 g/mol. The molecule has 14 heavy (non-hydrogen) atoms. The third-order valence-electron chi connectivity index (χ3n) is 1.93. The Labute approximate surface area is 88.5 Å². The Kier molecular flexibility index (Phi) is 3.29. The third-order valence-corrected chi connectivity index (χ3v) is 2.23. The van der Waals surface area contributed by atoms with Gasteiger partial charge in [-0.25, -0.2) is 0 Å². The van der Waals surface area contributed by atoms with Crippen LogP contribution in [-0.4, -0.2) is 16.5 Å². The van der Waals surface area contributed by atoms with E-state index in [0.717, 1.165) is 5.56 Å². The van der Waals surface area contributed by atoms with Crippen LogP contribution in [-0.2, 0) is 5.88 Å². The Morgan fingerprint density at radius 1 is 1.36 bits per heavy atom. The van der Waals surface area contributed by atoms with Crippen LogP contribution in [0.4, 0.5) is 0 Å². The van der Waals surface area contributed by atoms with Gasteiger partial charge in [-0.3, -0.25) is 4.79 Å². The summed E-state index contributed by atoms with van der Waals surface area (Å²) >= 11 is 5.61. The molecule has 0 aliphatic rings. The van der Waals surface area contributed by atoms with Crippen LogP contribution in [0.15, 0.2) is 24.3 Å². The van der Waals surface area contributed by atoms with Crippen LogP contribution >= 0.6 is 11.6 Å². The smallest absolute Gasteiger partial charge is 0.193 e. The summed E-state index contributed by atoms with van der Waals surface area (Å²) < 4.78 is 0. The SMILES string of the molecule is CC(C)(O)C(=O)c1ccc(CCl)cc1. The number of Topliss-reactive ketones (excluding diaryl/α,β-unsaturated/α-hetero) is 1. The van der Waals surface area contributed by atoms with Gasteiger partial charge in [0, 0.05) is 11.4 Å². The van der Waals surface area contributed by atoms with Crippen molar-refractivity contribution < 1.29 is 9.90 Å². The van der Waals surface area contributed by atoms with Gasteiger partial charge in [0.15, 0.2) is 5.78 Å². The average molecular weight is 213 g/mol. The molecule has 0 spiro atoms. The van der Waals surface area contributed by atoms with Gasteiger partial charge in [-0.2, -0.15) is 0 Å². The Morgan fingerprint density at radius 3 is 2.21 bits per heavy atom. The van der Waals surface area contributed by atoms with Crippen molar-refractivity contribution in [2.45, 2.75) is 25.3 Å². The number of benzene rings is 1. The predicted octanol–water partition coefficient (Wildman–Crippen LogP) is 2.38. The van der Waals surface area contributed by atoms with Gasteiger partial charge in [-0.05, 0) is 19.4 Å². The van der Waals surface area contributed by atoms with Crippen LogP contribution in [0.25, 0.3) is 0 Å². The van der Waals surface area contributed by atoms with Gasteiger partial charge in [0.05, 0.1) is 0 Å². The molecule has 0 aliphatic carbocycles. The van der Waals surface area contributed by atoms with E-state index in [1.54, 1.807) is 24.3 Å². The fraction of sp³-hybridized carbons (Fsp3) is 0.364. The lowest BCUT2D eigenvalue weighted by molar-refractivity contribution is 0.0488. The second-order valence-electron chi connectivity index (χ2n) is 3.72. The molecular formula is C11H13ClO2. The van der Waals surface area contributed by atoms with Crippen LogP contribution in [0, 0.1) is 0 Å². The Morgan fingerprint density at radius 2 is 1.86 bits per heavy atom. The lowest BCUT2D eigenvalue weighted by Gasteiger charge is -2.15. The summed E-state index contributed by atoms with van der Waals surface area (Å²) in [6.45, 7) is 2.95. The highest BCUT2D eigenvalue weighted by molar-refractivity contribution is 6.17. The molecule has 1 aromatic carbocycles. The second-order valence-corrected chi connectivity index (χ2v) is 3.99. The van der Waals surface area contributed by atoms with Crippen molar-refractivity contribution in [3.8, 4) is 0 Å². The van der Waals surface area contributed by atoms with Crippen molar-refractivity contribution in [1.82, 2.24) is 0 Å². The van der Waals surface area contributed by atoms with Crippen molar-refractivity contribution in [1.29, 1.82) is 0 Å². The van der Waals surface area contributed by atoms with Gasteiger partial charge in [0.2, 0.25) is 0 Å². The molecule has 0 aromatic heterocycles. The van der Waals surface area contributed by atoms with E-state index >= 15 is 0 Å². The lowest BCUT2D eigenvalue weighted by atomic mass is 9.96. The van der Waals surface area contributed by atoms with Gasteiger partial charge in [-0.1, -0.05) is 24.3 Å². The normalized spacial score (nSPS) is 11.4. The summed E-state index contributed by atoms with van der Waals surface area (Å²) in [4.78, 5) is 11.6. The zero-order valence-electron chi connectivity index (χ0n) is 8.25. The van der Waals surface area contributed by atoms with Gasteiger partial charge in [0.1, 0.15) is 5.60 Å². The molecule has 0 amide bonds. The number of carbonyl (C=O) groups is 1. The second kappa shape index (κ2) is 4.11. The molecule has 1 rings (SSSR count). The molecule has 0 saturated carbocycles. The molecule has 0 fully saturated rings. The Hall–Kier alpha value is -0.860. The fourth-order valence-corrected chi connectivity index (χ4v) is 1.28. The van der Waals surface area contributed by atoms with E-state index in [1.165, 1.54) is 13.8 Å². The molecule has 0 bridgehead atoms. The maximum atomic E-state index is 11.6. The summed E-state index contributed by atoms with van der Waals surface area (Å²) in [6.07, 6.45) is 0. The van der Waals surface area contributed by atoms with E-state index in [2.05, 4.69) is 0 Å². The molecule has 1 N–H and O–H groups in total. The molecule has 0 saturated heterocycles. The minimum absolute atomic E-state index is 0.279. The van der Waals surface area contributed by atoms with Crippen molar-refractivity contribution in [3.63, 3.8) is 0 Å². The van der Waals surface area contributed by atoms with Crippen LogP contribution in [0.1, 0.15) is 29.8 Å². The number of rotatable bonds is 3. The number of carbonyl (C=O) groups excluding carboxylic acids is 1. The van der Waals surface area contributed by atoms with Gasteiger partial charge in [-0.15, -0.1) is 11.6 Å². The van der Waals surface area contributed by atoms with Crippen LogP contribution < -0.4 is 0 Å². The molecule has 0 radical (unpaired) electrons. The number of hydrogen-bond donors (Lipinski definition) is 1. The molecule has 0 unspecified atom stereocenters. The summed E-state index contributed by atoms with van der Waals surface area (Å²) in [7, 11) is 0. The largest absolute Gasteiger partial charge is 0.382 e. The van der Waals surface area contributed by atoms with E-state index in [9.17, 15) is 9.90 Å². The lowest BCUT2D eigenvalue weighted by Crippen LogP contribution is -2.30. The van der Waals surface area contributed by atoms with Crippen molar-refractivity contribution in [2.24, 2.45) is 0 Å². The van der Waals surface area contributed by atoms with Gasteiger partial charge in [0.25, 0.3) is 0 Å². The quantitative estimate of drug-likeness (QED) is 0.617. The Bertz CT molecular complexity index is 322. The standard InChI is InChI=1S/C11H13ClO2/c1-11(2,14)10(13)9-5-3-8(7-12)4-6-9/h3-6,14H,7H2,1-2H3. The van der Waals surface area contributed by atoms with Crippen LogP contribution in [0.3, 0.4) is 0 Å². The summed E-state index contributed by atoms with van der Waals surface area (Å²) in [5, 5.41) is 9.49. The van der Waals surface area contributed by atoms with Crippen LogP contribution in [0.5, 0.6) is 0 Å². The summed E-state index contributed by atoms with van der Waals surface area (Å²) in [6, 6.07) is 6.92. The summed E-state index contributed by atoms with van der Waals surface area (Å²) in [5.41, 5.74) is 0.146. The van der Waals surface area contributed by atoms with Crippen molar-refractivity contribution in [3.05, 3.63) is 35.4 Å². The highest BCUT2D eigenvalue weighted by atomic mass is 35.5. The number of hydrogen-bond acceptors (Lipinski definition) is 2. The van der Waals surface area contributed by atoms with E-state index in [-0.39, 0.29) is 5.78 Å². The van der Waals surface area contributed by atoms with Crippen LogP contribution in [0.2, 0.25) is 0 Å².